The first-order valence-electron chi connectivity index (χ1n) is 5.66. The van der Waals surface area contributed by atoms with Crippen LogP contribution in [0.3, 0.4) is 0 Å². The van der Waals surface area contributed by atoms with Gasteiger partial charge in [-0.1, -0.05) is 24.3 Å². The predicted molar refractivity (Wildman–Crippen MR) is 62.4 cm³/mol. The summed E-state index contributed by atoms with van der Waals surface area (Å²) in [6, 6.07) is 0. The SMILES string of the molecule is C=CCC(=O)[C@@]1(CC=C)C[C@H]2C=C[C@@H]1C2. The average Bonchev–Trinajstić information content (AvgIpc) is 2.79. The number of fused-ring (bicyclic) bond motifs is 2. The van der Waals surface area contributed by atoms with Gasteiger partial charge in [-0.05, 0) is 31.1 Å². The predicted octanol–water partition coefficient (Wildman–Crippen LogP) is 3.29. The van der Waals surface area contributed by atoms with Crippen LogP contribution < -0.4 is 0 Å². The van der Waals surface area contributed by atoms with E-state index in [0.717, 1.165) is 19.3 Å². The smallest absolute Gasteiger partial charge is 0.143 e. The first-order valence-corrected chi connectivity index (χ1v) is 5.66. The van der Waals surface area contributed by atoms with Crippen LogP contribution in [0.15, 0.2) is 37.5 Å². The molecule has 0 saturated heterocycles. The molecule has 0 N–H and O–H groups in total. The number of carbonyl (C=O) groups is 1. The number of Topliss-reactive ketones (excluding diaryl/α,β-unsaturated/α-hetero) is 1. The van der Waals surface area contributed by atoms with E-state index in [2.05, 4.69) is 25.3 Å². The Morgan fingerprint density at radius 3 is 2.67 bits per heavy atom. The Bertz CT molecular complexity index is 326. The highest BCUT2D eigenvalue weighted by Crippen LogP contribution is 2.55. The van der Waals surface area contributed by atoms with E-state index in [4.69, 9.17) is 0 Å². The number of allylic oxidation sites excluding steroid dienone is 4. The van der Waals surface area contributed by atoms with Gasteiger partial charge in [-0.2, -0.15) is 0 Å². The highest BCUT2D eigenvalue weighted by atomic mass is 16.1. The van der Waals surface area contributed by atoms with E-state index in [0.29, 0.717) is 24.0 Å². The summed E-state index contributed by atoms with van der Waals surface area (Å²) in [5, 5.41) is 0. The highest BCUT2D eigenvalue weighted by molar-refractivity contribution is 5.87. The molecule has 0 amide bonds. The van der Waals surface area contributed by atoms with Crippen LogP contribution in [0, 0.1) is 17.3 Å². The second kappa shape index (κ2) is 3.80. The summed E-state index contributed by atoms with van der Waals surface area (Å²) in [6.45, 7) is 7.45. The molecule has 0 aromatic carbocycles. The minimum absolute atomic E-state index is 0.143. The number of ketones is 1. The van der Waals surface area contributed by atoms with Crippen LogP contribution in [-0.4, -0.2) is 5.78 Å². The van der Waals surface area contributed by atoms with Crippen LogP contribution in [0.4, 0.5) is 0 Å². The highest BCUT2D eigenvalue weighted by Gasteiger charge is 2.51. The van der Waals surface area contributed by atoms with Gasteiger partial charge >= 0.3 is 0 Å². The third kappa shape index (κ3) is 1.50. The normalized spacial score (nSPS) is 36.8. The molecule has 2 bridgehead atoms. The van der Waals surface area contributed by atoms with Gasteiger partial charge in [0.2, 0.25) is 0 Å². The lowest BCUT2D eigenvalue weighted by Gasteiger charge is -2.33. The molecule has 0 unspecified atom stereocenters. The number of hydrogen-bond donors (Lipinski definition) is 0. The van der Waals surface area contributed by atoms with Gasteiger partial charge in [0.25, 0.3) is 0 Å². The van der Waals surface area contributed by atoms with E-state index in [1.54, 1.807) is 6.08 Å². The average molecular weight is 202 g/mol. The molecule has 0 aromatic rings. The lowest BCUT2D eigenvalue weighted by atomic mass is 9.69. The molecule has 2 rings (SSSR count). The van der Waals surface area contributed by atoms with Crippen LogP contribution in [-0.2, 0) is 4.79 Å². The van der Waals surface area contributed by atoms with Crippen LogP contribution >= 0.6 is 0 Å². The molecule has 2 aliphatic carbocycles. The van der Waals surface area contributed by atoms with Gasteiger partial charge in [0.05, 0.1) is 0 Å². The minimum atomic E-state index is -0.143. The van der Waals surface area contributed by atoms with E-state index < -0.39 is 0 Å². The molecular formula is C14H18O. The van der Waals surface area contributed by atoms with E-state index in [1.807, 2.05) is 6.08 Å². The zero-order valence-electron chi connectivity index (χ0n) is 9.11. The Labute approximate surface area is 91.6 Å². The largest absolute Gasteiger partial charge is 0.299 e. The first-order chi connectivity index (χ1) is 7.23. The Balaban J connectivity index is 2.25. The summed E-state index contributed by atoms with van der Waals surface area (Å²) in [4.78, 5) is 12.2. The monoisotopic (exact) mass is 202 g/mol. The topological polar surface area (TPSA) is 17.1 Å². The molecule has 1 nitrogen and oxygen atoms in total. The fraction of sp³-hybridized carbons (Fsp3) is 0.500. The van der Waals surface area contributed by atoms with Crippen molar-refractivity contribution < 1.29 is 4.79 Å². The molecule has 1 fully saturated rings. The number of carbonyl (C=O) groups excluding carboxylic acids is 1. The zero-order valence-corrected chi connectivity index (χ0v) is 9.11. The van der Waals surface area contributed by atoms with Gasteiger partial charge in [0.15, 0.2) is 0 Å². The van der Waals surface area contributed by atoms with Crippen molar-refractivity contribution in [3.63, 3.8) is 0 Å². The van der Waals surface area contributed by atoms with Crippen molar-refractivity contribution in [1.82, 2.24) is 0 Å². The Hall–Kier alpha value is -1.11. The third-order valence-electron chi connectivity index (χ3n) is 3.90. The van der Waals surface area contributed by atoms with Crippen molar-refractivity contribution in [2.45, 2.75) is 25.7 Å². The van der Waals surface area contributed by atoms with E-state index in [9.17, 15) is 4.79 Å². The molecule has 1 saturated carbocycles. The summed E-state index contributed by atoms with van der Waals surface area (Å²) >= 11 is 0. The minimum Gasteiger partial charge on any atom is -0.299 e. The molecular weight excluding hydrogens is 184 g/mol. The van der Waals surface area contributed by atoms with Crippen molar-refractivity contribution in [1.29, 1.82) is 0 Å². The van der Waals surface area contributed by atoms with Gasteiger partial charge in [-0.3, -0.25) is 4.79 Å². The fourth-order valence-electron chi connectivity index (χ4n) is 3.22. The zero-order chi connectivity index (χ0) is 10.9. The van der Waals surface area contributed by atoms with Crippen LogP contribution in [0.1, 0.15) is 25.7 Å². The second-order valence-electron chi connectivity index (χ2n) is 4.76. The lowest BCUT2D eigenvalue weighted by Crippen LogP contribution is -2.34. The Kier molecular flexibility index (Phi) is 2.64. The van der Waals surface area contributed by atoms with E-state index >= 15 is 0 Å². The van der Waals surface area contributed by atoms with Crippen molar-refractivity contribution in [3.05, 3.63) is 37.5 Å². The lowest BCUT2D eigenvalue weighted by molar-refractivity contribution is -0.129. The summed E-state index contributed by atoms with van der Waals surface area (Å²) in [7, 11) is 0. The molecule has 15 heavy (non-hydrogen) atoms. The molecule has 80 valence electrons. The maximum Gasteiger partial charge on any atom is 0.143 e. The number of hydrogen-bond acceptors (Lipinski definition) is 1. The van der Waals surface area contributed by atoms with Gasteiger partial charge in [-0.25, -0.2) is 0 Å². The second-order valence-corrected chi connectivity index (χ2v) is 4.76. The maximum absolute atomic E-state index is 12.2. The van der Waals surface area contributed by atoms with Gasteiger partial charge in [0, 0.05) is 11.8 Å². The molecule has 1 heteroatoms. The van der Waals surface area contributed by atoms with Crippen molar-refractivity contribution in [2.75, 3.05) is 0 Å². The van der Waals surface area contributed by atoms with Crippen molar-refractivity contribution in [3.8, 4) is 0 Å². The summed E-state index contributed by atoms with van der Waals surface area (Å²) in [5.41, 5.74) is -0.143. The molecule has 2 aliphatic rings. The molecule has 0 spiro atoms. The fourth-order valence-corrected chi connectivity index (χ4v) is 3.22. The van der Waals surface area contributed by atoms with E-state index in [-0.39, 0.29) is 5.41 Å². The first kappa shape index (κ1) is 10.4. The Morgan fingerprint density at radius 1 is 1.40 bits per heavy atom. The summed E-state index contributed by atoms with van der Waals surface area (Å²) < 4.78 is 0. The Morgan fingerprint density at radius 2 is 2.20 bits per heavy atom. The molecule has 0 radical (unpaired) electrons. The van der Waals surface area contributed by atoms with Crippen molar-refractivity contribution >= 4 is 5.78 Å². The van der Waals surface area contributed by atoms with Crippen LogP contribution in [0.2, 0.25) is 0 Å². The molecule has 3 atom stereocenters. The van der Waals surface area contributed by atoms with Crippen LogP contribution in [0.5, 0.6) is 0 Å². The molecule has 0 heterocycles. The van der Waals surface area contributed by atoms with Gasteiger partial charge in [-0.15, -0.1) is 13.2 Å². The quantitative estimate of drug-likeness (QED) is 0.625. The van der Waals surface area contributed by atoms with Crippen molar-refractivity contribution in [2.24, 2.45) is 17.3 Å². The molecule has 0 aromatic heterocycles. The van der Waals surface area contributed by atoms with Gasteiger partial charge in [0.1, 0.15) is 5.78 Å². The molecule has 0 aliphatic heterocycles. The number of rotatable bonds is 5. The maximum atomic E-state index is 12.2. The van der Waals surface area contributed by atoms with Crippen LogP contribution in [0.25, 0.3) is 0 Å². The van der Waals surface area contributed by atoms with E-state index in [1.165, 1.54) is 0 Å². The summed E-state index contributed by atoms with van der Waals surface area (Å²) in [6.07, 6.45) is 11.6. The third-order valence-corrected chi connectivity index (χ3v) is 3.90. The van der Waals surface area contributed by atoms with Gasteiger partial charge < -0.3 is 0 Å². The summed E-state index contributed by atoms with van der Waals surface area (Å²) in [5.74, 6) is 1.44. The standard InChI is InChI=1S/C14H18O/c1-3-5-13(15)14(8-4-2)10-11-6-7-12(14)9-11/h3-4,6-7,11-12H,1-2,5,8-10H2/t11-,12+,14-/m0/s1.